The molecule has 0 spiro atoms. The highest BCUT2D eigenvalue weighted by Gasteiger charge is 2.32. The van der Waals surface area contributed by atoms with E-state index in [0.29, 0.717) is 22.1 Å². The second-order valence-electron chi connectivity index (χ2n) is 8.37. The van der Waals surface area contributed by atoms with Gasteiger partial charge in [-0.3, -0.25) is 0 Å². The maximum atomic E-state index is 12.4. The zero-order chi connectivity index (χ0) is 25.2. The fourth-order valence-corrected chi connectivity index (χ4v) is 4.45. The van der Waals surface area contributed by atoms with Gasteiger partial charge < -0.3 is 19.9 Å². The van der Waals surface area contributed by atoms with Crippen LogP contribution in [-0.4, -0.2) is 12.6 Å². The number of fused-ring (bicyclic) bond motifs is 2. The van der Waals surface area contributed by atoms with Crippen molar-refractivity contribution in [2.45, 2.75) is 12.8 Å². The molecule has 1 atom stereocenters. The van der Waals surface area contributed by atoms with Crippen LogP contribution in [-0.2, 0) is 4.79 Å². The third-order valence-corrected chi connectivity index (χ3v) is 6.47. The lowest BCUT2D eigenvalue weighted by atomic mass is 9.81. The molecule has 178 valence electrons. The number of rotatable bonds is 5. The van der Waals surface area contributed by atoms with Crippen molar-refractivity contribution in [1.82, 2.24) is 0 Å². The number of nitrogens with two attached hydrogens (primary N) is 1. The third kappa shape index (κ3) is 4.45. The molecular formula is C29H21ClN2O4. The summed E-state index contributed by atoms with van der Waals surface area (Å²) < 4.78 is 16.8. The number of halogens is 1. The minimum absolute atomic E-state index is 0.0212. The van der Waals surface area contributed by atoms with Crippen LogP contribution in [0.15, 0.2) is 90.3 Å². The van der Waals surface area contributed by atoms with Gasteiger partial charge in [-0.25, -0.2) is 4.79 Å². The number of carbonyl (C=O) groups excluding carboxylic acids is 1. The van der Waals surface area contributed by atoms with Crippen LogP contribution in [0.2, 0.25) is 5.02 Å². The van der Waals surface area contributed by atoms with E-state index in [-0.39, 0.29) is 18.2 Å². The van der Waals surface area contributed by atoms with Crippen LogP contribution < -0.4 is 19.9 Å². The van der Waals surface area contributed by atoms with Crippen molar-refractivity contribution in [3.05, 3.63) is 112 Å². The molecule has 0 aromatic heterocycles. The van der Waals surface area contributed by atoms with Gasteiger partial charge in [-0.05, 0) is 53.1 Å². The van der Waals surface area contributed by atoms with Crippen molar-refractivity contribution in [2.75, 3.05) is 6.61 Å². The van der Waals surface area contributed by atoms with Gasteiger partial charge in [0.1, 0.15) is 28.9 Å². The summed E-state index contributed by atoms with van der Waals surface area (Å²) in [5, 5.41) is 12.6. The van der Waals surface area contributed by atoms with Crippen molar-refractivity contribution in [3.8, 4) is 23.3 Å². The molecule has 1 heterocycles. The first-order valence-electron chi connectivity index (χ1n) is 11.2. The maximum Gasteiger partial charge on any atom is 0.349 e. The Morgan fingerprint density at radius 1 is 1.03 bits per heavy atom. The summed E-state index contributed by atoms with van der Waals surface area (Å²) in [6, 6.07) is 26.3. The van der Waals surface area contributed by atoms with Crippen molar-refractivity contribution < 1.29 is 19.0 Å². The third-order valence-electron chi connectivity index (χ3n) is 6.04. The molecule has 0 radical (unpaired) electrons. The molecule has 1 unspecified atom stereocenters. The molecule has 0 saturated carbocycles. The van der Waals surface area contributed by atoms with E-state index in [0.717, 1.165) is 27.5 Å². The monoisotopic (exact) mass is 496 g/mol. The topological polar surface area (TPSA) is 94.6 Å². The van der Waals surface area contributed by atoms with E-state index >= 15 is 0 Å². The quantitative estimate of drug-likeness (QED) is 0.269. The molecule has 36 heavy (non-hydrogen) atoms. The second kappa shape index (κ2) is 9.65. The van der Waals surface area contributed by atoms with Crippen LogP contribution in [0.25, 0.3) is 10.8 Å². The Morgan fingerprint density at radius 3 is 2.61 bits per heavy atom. The highest BCUT2D eigenvalue weighted by Crippen LogP contribution is 2.45. The lowest BCUT2D eigenvalue weighted by Crippen LogP contribution is -2.22. The summed E-state index contributed by atoms with van der Waals surface area (Å²) in [5.41, 5.74) is 9.03. The molecule has 5 rings (SSSR count). The van der Waals surface area contributed by atoms with Gasteiger partial charge in [0.2, 0.25) is 5.88 Å². The minimum Gasteiger partial charge on any atom is -0.482 e. The van der Waals surface area contributed by atoms with Crippen LogP contribution in [0.3, 0.4) is 0 Å². The fraction of sp³-hybridized carbons (Fsp3) is 0.103. The Balaban J connectivity index is 1.41. The Labute approximate surface area is 213 Å². The van der Waals surface area contributed by atoms with Gasteiger partial charge in [-0.15, -0.1) is 0 Å². The van der Waals surface area contributed by atoms with Crippen LogP contribution in [0.4, 0.5) is 0 Å². The number of hydrogen-bond acceptors (Lipinski definition) is 6. The number of esters is 1. The van der Waals surface area contributed by atoms with Crippen molar-refractivity contribution in [1.29, 1.82) is 5.26 Å². The van der Waals surface area contributed by atoms with Gasteiger partial charge >= 0.3 is 5.97 Å². The van der Waals surface area contributed by atoms with E-state index in [2.05, 4.69) is 6.07 Å². The van der Waals surface area contributed by atoms with E-state index in [1.165, 1.54) is 0 Å². The highest BCUT2D eigenvalue weighted by molar-refractivity contribution is 6.31. The lowest BCUT2D eigenvalue weighted by Gasteiger charge is -2.27. The molecule has 4 aromatic rings. The minimum atomic E-state index is -0.579. The van der Waals surface area contributed by atoms with Crippen LogP contribution in [0, 0.1) is 18.3 Å². The molecule has 7 heteroatoms. The number of carbonyl (C=O) groups is 1. The SMILES string of the molecule is Cc1cc(OCC(=O)Oc2ccc3c(c2)OC(N)=C(C#N)C3c2cccc3ccccc23)ccc1Cl. The number of benzene rings is 4. The molecular weight excluding hydrogens is 476 g/mol. The smallest absolute Gasteiger partial charge is 0.349 e. The van der Waals surface area contributed by atoms with Gasteiger partial charge in [0.05, 0.1) is 5.92 Å². The maximum absolute atomic E-state index is 12.4. The van der Waals surface area contributed by atoms with Crippen LogP contribution in [0.1, 0.15) is 22.6 Å². The molecule has 1 aliphatic rings. The lowest BCUT2D eigenvalue weighted by molar-refractivity contribution is -0.136. The number of hydrogen-bond donors (Lipinski definition) is 1. The first-order valence-corrected chi connectivity index (χ1v) is 11.6. The summed E-state index contributed by atoms with van der Waals surface area (Å²) in [7, 11) is 0. The van der Waals surface area contributed by atoms with E-state index in [1.807, 2.05) is 49.4 Å². The highest BCUT2D eigenvalue weighted by atomic mass is 35.5. The zero-order valence-electron chi connectivity index (χ0n) is 19.3. The van der Waals surface area contributed by atoms with Gasteiger partial charge in [-0.1, -0.05) is 60.1 Å². The summed E-state index contributed by atoms with van der Waals surface area (Å²) >= 11 is 6.03. The molecule has 2 N–H and O–H groups in total. The van der Waals surface area contributed by atoms with E-state index in [4.69, 9.17) is 31.5 Å². The van der Waals surface area contributed by atoms with Gasteiger partial charge in [0.25, 0.3) is 0 Å². The largest absolute Gasteiger partial charge is 0.482 e. The normalized spacial score (nSPS) is 14.5. The molecule has 0 aliphatic carbocycles. The van der Waals surface area contributed by atoms with Crippen molar-refractivity contribution in [3.63, 3.8) is 0 Å². The Kier molecular flexibility index (Phi) is 6.24. The van der Waals surface area contributed by atoms with Gasteiger partial charge in [-0.2, -0.15) is 5.26 Å². The molecule has 4 aromatic carbocycles. The molecule has 0 bridgehead atoms. The Morgan fingerprint density at radius 2 is 1.81 bits per heavy atom. The Hall–Kier alpha value is -4.47. The van der Waals surface area contributed by atoms with Crippen molar-refractivity contribution in [2.24, 2.45) is 5.73 Å². The summed E-state index contributed by atoms with van der Waals surface area (Å²) in [6.45, 7) is 1.57. The standard InChI is InChI=1S/C29H21ClN2O4/c1-17-13-19(10-12-25(17)30)34-16-27(33)35-20-9-11-23-26(14-20)36-29(32)24(15-31)28(23)22-8-4-6-18-5-2-3-7-21(18)22/h2-14,28H,16,32H2,1H3. The molecule has 1 aliphatic heterocycles. The number of aryl methyl sites for hydroxylation is 1. The van der Waals surface area contributed by atoms with E-state index < -0.39 is 11.9 Å². The molecule has 0 fully saturated rings. The number of ether oxygens (including phenoxy) is 3. The predicted molar refractivity (Wildman–Crippen MR) is 137 cm³/mol. The fourth-order valence-electron chi connectivity index (χ4n) is 4.33. The Bertz CT molecular complexity index is 1570. The van der Waals surface area contributed by atoms with E-state index in [1.54, 1.807) is 36.4 Å². The first-order chi connectivity index (χ1) is 17.4. The summed E-state index contributed by atoms with van der Waals surface area (Å²) in [4.78, 5) is 12.4. The van der Waals surface area contributed by atoms with Gasteiger partial charge in [0, 0.05) is 16.7 Å². The molecule has 0 amide bonds. The number of nitrogens with zero attached hydrogens (tertiary/aromatic N) is 1. The van der Waals surface area contributed by atoms with E-state index in [9.17, 15) is 10.1 Å². The van der Waals surface area contributed by atoms with Crippen LogP contribution >= 0.6 is 11.6 Å². The predicted octanol–water partition coefficient (Wildman–Crippen LogP) is 6.00. The molecule has 0 saturated heterocycles. The van der Waals surface area contributed by atoms with Crippen molar-refractivity contribution >= 4 is 28.3 Å². The average molecular weight is 497 g/mol. The zero-order valence-corrected chi connectivity index (χ0v) is 20.1. The second-order valence-corrected chi connectivity index (χ2v) is 8.77. The van der Waals surface area contributed by atoms with Crippen LogP contribution in [0.5, 0.6) is 17.2 Å². The summed E-state index contributed by atoms with van der Waals surface area (Å²) in [6.07, 6.45) is 0. The number of nitriles is 1. The first kappa shape index (κ1) is 23.3. The van der Waals surface area contributed by atoms with Gasteiger partial charge in [0.15, 0.2) is 6.61 Å². The average Bonchev–Trinajstić information content (AvgIpc) is 2.88. The number of allylic oxidation sites excluding steroid dienone is 1. The summed E-state index contributed by atoms with van der Waals surface area (Å²) in [5.74, 6) is 0.232. The molecule has 6 nitrogen and oxygen atoms in total.